The lowest BCUT2D eigenvalue weighted by molar-refractivity contribution is -0.124. The molecule has 22 heavy (non-hydrogen) atoms. The number of benzene rings is 1. The van der Waals surface area contributed by atoms with Gasteiger partial charge in [-0.25, -0.2) is 0 Å². The quantitative estimate of drug-likeness (QED) is 0.702. The minimum Gasteiger partial charge on any atom is -0.370 e. The number of hydrogen-bond donors (Lipinski definition) is 3. The molecule has 6 nitrogen and oxygen atoms in total. The van der Waals surface area contributed by atoms with Gasteiger partial charge in [0.25, 0.3) is 5.91 Å². The fourth-order valence-corrected chi connectivity index (χ4v) is 1.91. The van der Waals surface area contributed by atoms with Crippen LogP contribution in [0.5, 0.6) is 0 Å². The molecule has 0 aromatic heterocycles. The molecule has 3 amide bonds. The van der Waals surface area contributed by atoms with Crippen molar-refractivity contribution in [3.05, 3.63) is 34.9 Å². The molecule has 7 heteroatoms. The van der Waals surface area contributed by atoms with E-state index >= 15 is 0 Å². The number of primary amides is 1. The topological polar surface area (TPSA) is 101 Å². The van der Waals surface area contributed by atoms with E-state index in [1.165, 1.54) is 0 Å². The molecule has 0 saturated heterocycles. The van der Waals surface area contributed by atoms with Crippen molar-refractivity contribution in [2.45, 2.75) is 38.8 Å². The van der Waals surface area contributed by atoms with Gasteiger partial charge < -0.3 is 16.4 Å². The van der Waals surface area contributed by atoms with Gasteiger partial charge in [0.1, 0.15) is 6.04 Å². The maximum Gasteiger partial charge on any atom is 0.251 e. The lowest BCUT2D eigenvalue weighted by Crippen LogP contribution is -2.48. The lowest BCUT2D eigenvalue weighted by Gasteiger charge is -2.19. The van der Waals surface area contributed by atoms with Gasteiger partial charge in [0.2, 0.25) is 11.8 Å². The van der Waals surface area contributed by atoms with E-state index in [1.807, 2.05) is 13.8 Å². The van der Waals surface area contributed by atoms with Crippen molar-refractivity contribution in [2.75, 3.05) is 0 Å². The summed E-state index contributed by atoms with van der Waals surface area (Å²) in [6.07, 6.45) is 0.157. The number of hydrogen-bond acceptors (Lipinski definition) is 3. The molecule has 0 spiro atoms. The first-order valence-corrected chi connectivity index (χ1v) is 7.32. The van der Waals surface area contributed by atoms with Gasteiger partial charge in [-0.3, -0.25) is 14.4 Å². The summed E-state index contributed by atoms with van der Waals surface area (Å²) >= 11 is 5.77. The van der Waals surface area contributed by atoms with Gasteiger partial charge >= 0.3 is 0 Å². The van der Waals surface area contributed by atoms with E-state index in [1.54, 1.807) is 24.3 Å². The van der Waals surface area contributed by atoms with Gasteiger partial charge in [-0.15, -0.1) is 0 Å². The maximum absolute atomic E-state index is 12.2. The predicted octanol–water partition coefficient (Wildman–Crippen LogP) is 1.23. The molecule has 0 bridgehead atoms. The van der Waals surface area contributed by atoms with E-state index in [2.05, 4.69) is 10.6 Å². The molecule has 0 saturated carbocycles. The van der Waals surface area contributed by atoms with Crippen LogP contribution < -0.4 is 16.4 Å². The summed E-state index contributed by atoms with van der Waals surface area (Å²) < 4.78 is 0. The van der Waals surface area contributed by atoms with Crippen LogP contribution in [-0.2, 0) is 9.59 Å². The van der Waals surface area contributed by atoms with Gasteiger partial charge in [0, 0.05) is 23.0 Å². The van der Waals surface area contributed by atoms with Crippen molar-refractivity contribution in [3.63, 3.8) is 0 Å². The van der Waals surface area contributed by atoms with Gasteiger partial charge in [-0.2, -0.15) is 0 Å². The summed E-state index contributed by atoms with van der Waals surface area (Å²) in [5, 5.41) is 5.83. The Hall–Kier alpha value is -2.08. The van der Waals surface area contributed by atoms with Gasteiger partial charge in [0.05, 0.1) is 0 Å². The van der Waals surface area contributed by atoms with Crippen molar-refractivity contribution in [2.24, 2.45) is 5.73 Å². The Labute approximate surface area is 134 Å². The van der Waals surface area contributed by atoms with Gasteiger partial charge in [-0.05, 0) is 44.5 Å². The van der Waals surface area contributed by atoms with E-state index in [0.29, 0.717) is 10.6 Å². The summed E-state index contributed by atoms with van der Waals surface area (Å²) in [5.74, 6) is -1.29. The molecule has 1 rings (SSSR count). The van der Waals surface area contributed by atoms with Crippen LogP contribution in [0.1, 0.15) is 37.0 Å². The molecule has 1 aromatic carbocycles. The Morgan fingerprint density at radius 1 is 1.14 bits per heavy atom. The van der Waals surface area contributed by atoms with Gasteiger partial charge in [-0.1, -0.05) is 11.6 Å². The average Bonchev–Trinajstić information content (AvgIpc) is 2.42. The molecule has 0 unspecified atom stereocenters. The second-order valence-corrected chi connectivity index (χ2v) is 5.64. The molecular weight excluding hydrogens is 306 g/mol. The highest BCUT2D eigenvalue weighted by atomic mass is 35.5. The van der Waals surface area contributed by atoms with Crippen LogP contribution in [0.3, 0.4) is 0 Å². The Balaban J connectivity index is 2.77. The standard InChI is InChI=1S/C15H20ClN3O3/c1-9(2)18-15(22)12(7-8-13(17)20)19-14(21)10-3-5-11(16)6-4-10/h3-6,9,12H,7-8H2,1-2H3,(H2,17,20)(H,18,22)(H,19,21)/t12-/m1/s1. The zero-order valence-electron chi connectivity index (χ0n) is 12.6. The van der Waals surface area contributed by atoms with Crippen LogP contribution >= 0.6 is 11.6 Å². The van der Waals surface area contributed by atoms with E-state index < -0.39 is 17.9 Å². The summed E-state index contributed by atoms with van der Waals surface area (Å²) in [7, 11) is 0. The number of carbonyl (C=O) groups excluding carboxylic acids is 3. The molecule has 0 heterocycles. The van der Waals surface area contributed by atoms with Crippen molar-refractivity contribution in [1.82, 2.24) is 10.6 Å². The van der Waals surface area contributed by atoms with Crippen LogP contribution in [-0.4, -0.2) is 29.8 Å². The van der Waals surface area contributed by atoms with Gasteiger partial charge in [0.15, 0.2) is 0 Å². The summed E-state index contributed by atoms with van der Waals surface area (Å²) in [6, 6.07) is 5.40. The van der Waals surface area contributed by atoms with Crippen LogP contribution in [0.4, 0.5) is 0 Å². The Morgan fingerprint density at radius 2 is 1.73 bits per heavy atom. The summed E-state index contributed by atoms with van der Waals surface area (Å²) in [6.45, 7) is 3.62. The van der Waals surface area contributed by atoms with Crippen molar-refractivity contribution in [3.8, 4) is 0 Å². The van der Waals surface area contributed by atoms with Crippen molar-refractivity contribution >= 4 is 29.3 Å². The Morgan fingerprint density at radius 3 is 2.23 bits per heavy atom. The zero-order chi connectivity index (χ0) is 16.7. The lowest BCUT2D eigenvalue weighted by atomic mass is 10.1. The number of nitrogens with two attached hydrogens (primary N) is 1. The van der Waals surface area contributed by atoms with E-state index in [9.17, 15) is 14.4 Å². The third kappa shape index (κ3) is 6.13. The molecule has 0 aliphatic carbocycles. The number of nitrogens with one attached hydrogen (secondary N) is 2. The third-order valence-electron chi connectivity index (χ3n) is 2.84. The van der Waals surface area contributed by atoms with Crippen molar-refractivity contribution < 1.29 is 14.4 Å². The first-order chi connectivity index (χ1) is 10.3. The fourth-order valence-electron chi connectivity index (χ4n) is 1.78. The van der Waals surface area contributed by atoms with Crippen LogP contribution in [0.25, 0.3) is 0 Å². The highest BCUT2D eigenvalue weighted by molar-refractivity contribution is 6.30. The molecule has 0 aliphatic heterocycles. The van der Waals surface area contributed by atoms with E-state index in [-0.39, 0.29) is 24.8 Å². The van der Waals surface area contributed by atoms with Crippen LogP contribution in [0.2, 0.25) is 5.02 Å². The summed E-state index contributed by atoms with van der Waals surface area (Å²) in [5.41, 5.74) is 5.48. The zero-order valence-corrected chi connectivity index (χ0v) is 13.3. The third-order valence-corrected chi connectivity index (χ3v) is 3.09. The van der Waals surface area contributed by atoms with E-state index in [4.69, 9.17) is 17.3 Å². The Kier molecular flexibility index (Phi) is 6.85. The van der Waals surface area contributed by atoms with Crippen LogP contribution in [0.15, 0.2) is 24.3 Å². The largest absolute Gasteiger partial charge is 0.370 e. The Bertz CT molecular complexity index is 543. The highest BCUT2D eigenvalue weighted by Gasteiger charge is 2.22. The molecule has 1 atom stereocenters. The molecule has 4 N–H and O–H groups in total. The normalized spacial score (nSPS) is 11.8. The van der Waals surface area contributed by atoms with E-state index in [0.717, 1.165) is 0 Å². The predicted molar refractivity (Wildman–Crippen MR) is 84.4 cm³/mol. The SMILES string of the molecule is CC(C)NC(=O)[C@@H](CCC(N)=O)NC(=O)c1ccc(Cl)cc1. The number of halogens is 1. The molecule has 0 aliphatic rings. The second-order valence-electron chi connectivity index (χ2n) is 5.20. The minimum absolute atomic E-state index is 0.0110. The number of amides is 3. The smallest absolute Gasteiger partial charge is 0.251 e. The summed E-state index contributed by atoms with van der Waals surface area (Å²) in [4.78, 5) is 35.1. The number of rotatable bonds is 7. The second kappa shape index (κ2) is 8.38. The number of carbonyl (C=O) groups is 3. The molecule has 120 valence electrons. The molecular formula is C15H20ClN3O3. The monoisotopic (exact) mass is 325 g/mol. The van der Waals surface area contributed by atoms with Crippen LogP contribution in [0, 0.1) is 0 Å². The first kappa shape index (κ1) is 18.0. The minimum atomic E-state index is -0.821. The molecule has 0 radical (unpaired) electrons. The molecule has 0 fully saturated rings. The highest BCUT2D eigenvalue weighted by Crippen LogP contribution is 2.10. The maximum atomic E-state index is 12.2. The molecule has 1 aromatic rings. The fraction of sp³-hybridized carbons (Fsp3) is 0.400. The average molecular weight is 326 g/mol. The van der Waals surface area contributed by atoms with Crippen molar-refractivity contribution in [1.29, 1.82) is 0 Å². The first-order valence-electron chi connectivity index (χ1n) is 6.94.